The zero-order valence-corrected chi connectivity index (χ0v) is 29.7. The Morgan fingerprint density at radius 1 is 1.16 bits per heavy atom. The van der Waals surface area contributed by atoms with Gasteiger partial charge in [0.1, 0.15) is 48.3 Å². The van der Waals surface area contributed by atoms with Crippen LogP contribution in [0.15, 0.2) is 30.3 Å². The summed E-state index contributed by atoms with van der Waals surface area (Å²) in [7, 11) is 3.32. The zero-order valence-electron chi connectivity index (χ0n) is 29.7. The van der Waals surface area contributed by atoms with Gasteiger partial charge in [-0.25, -0.2) is 0 Å². The summed E-state index contributed by atoms with van der Waals surface area (Å²) in [6.45, 7) is 5.20. The average Bonchev–Trinajstić information content (AvgIpc) is 3.83. The predicted molar refractivity (Wildman–Crippen MR) is 179 cm³/mol. The molecule has 6 rings (SSSR count). The monoisotopic (exact) mass is 712 g/mol. The van der Waals surface area contributed by atoms with Gasteiger partial charge in [0.05, 0.1) is 19.2 Å². The first-order valence-electron chi connectivity index (χ1n) is 17.5. The van der Waals surface area contributed by atoms with Gasteiger partial charge in [-0.05, 0) is 57.2 Å². The lowest BCUT2D eigenvalue weighted by Gasteiger charge is -2.50. The maximum absolute atomic E-state index is 15.0. The van der Waals surface area contributed by atoms with Crippen LogP contribution in [0.25, 0.3) is 6.08 Å². The second-order valence-electron chi connectivity index (χ2n) is 15.0. The van der Waals surface area contributed by atoms with E-state index < -0.39 is 83.9 Å². The number of aliphatic hydroxyl groups is 1. The van der Waals surface area contributed by atoms with Crippen molar-refractivity contribution in [2.45, 2.75) is 108 Å². The summed E-state index contributed by atoms with van der Waals surface area (Å²) in [5, 5.41) is 14.3. The molecule has 1 aromatic carbocycles. The van der Waals surface area contributed by atoms with Gasteiger partial charge >= 0.3 is 11.9 Å². The minimum atomic E-state index is -1.45. The van der Waals surface area contributed by atoms with Crippen molar-refractivity contribution in [3.63, 3.8) is 0 Å². The summed E-state index contributed by atoms with van der Waals surface area (Å²) in [6, 6.07) is 4.62. The Labute approximate surface area is 297 Å². The number of nitrogens with one attached hydrogen (secondary N) is 1. The summed E-state index contributed by atoms with van der Waals surface area (Å²) in [6.07, 6.45) is 1.36. The number of nitrogens with zero attached hydrogens (tertiary/aromatic N) is 3. The fourth-order valence-electron chi connectivity index (χ4n) is 7.87. The van der Waals surface area contributed by atoms with Crippen molar-refractivity contribution in [2.75, 3.05) is 34.0 Å². The number of esters is 2. The van der Waals surface area contributed by atoms with Crippen LogP contribution in [0.1, 0.15) is 64.0 Å². The number of likely N-dealkylation sites (tertiary alicyclic amines) is 1. The summed E-state index contributed by atoms with van der Waals surface area (Å²) in [5.74, 6) is -2.13. The van der Waals surface area contributed by atoms with Gasteiger partial charge in [-0.15, -0.1) is 0 Å². The van der Waals surface area contributed by atoms with Crippen LogP contribution < -0.4 is 5.32 Å². The van der Waals surface area contributed by atoms with Gasteiger partial charge in [-0.3, -0.25) is 28.8 Å². The van der Waals surface area contributed by atoms with E-state index >= 15 is 4.79 Å². The first-order chi connectivity index (χ1) is 24.2. The van der Waals surface area contributed by atoms with Gasteiger partial charge < -0.3 is 39.2 Å². The third-order valence-corrected chi connectivity index (χ3v) is 10.2. The van der Waals surface area contributed by atoms with Gasteiger partial charge in [0.25, 0.3) is 0 Å². The van der Waals surface area contributed by atoms with Crippen LogP contribution in [-0.2, 0) is 54.3 Å². The van der Waals surface area contributed by atoms with Crippen LogP contribution in [0.2, 0.25) is 0 Å². The topological polar surface area (TPSA) is 173 Å². The Morgan fingerprint density at radius 2 is 1.90 bits per heavy atom. The molecule has 1 aliphatic carbocycles. The fourth-order valence-corrected chi connectivity index (χ4v) is 7.87. The molecular weight excluding hydrogens is 664 g/mol. The lowest BCUT2D eigenvalue weighted by Crippen LogP contribution is -2.70. The van der Waals surface area contributed by atoms with Crippen LogP contribution in [-0.4, -0.2) is 132 Å². The van der Waals surface area contributed by atoms with Crippen molar-refractivity contribution < 1.29 is 52.9 Å². The van der Waals surface area contributed by atoms with Gasteiger partial charge in [0, 0.05) is 39.6 Å². The SMILES string of the molecule is CN(C)C(=O)C=Cc1ccccc1CN1OC2C3OCOC3C3CC2(C(=O)N2CCCC2C(=O)NC(CO)CCC(=O)OC(C)(C)C)C1C(=O)O3. The number of ether oxygens (including phenoxy) is 4. The summed E-state index contributed by atoms with van der Waals surface area (Å²) < 4.78 is 23.1. The lowest BCUT2D eigenvalue weighted by molar-refractivity contribution is -0.204. The molecule has 15 nitrogen and oxygen atoms in total. The van der Waals surface area contributed by atoms with Crippen LogP contribution >= 0.6 is 0 Å². The molecule has 1 aromatic rings. The highest BCUT2D eigenvalue weighted by Crippen LogP contribution is 2.56. The highest BCUT2D eigenvalue weighted by molar-refractivity contribution is 5.97. The number of hydroxylamine groups is 2. The Hall–Kier alpha value is -3.89. The normalized spacial score (nSPS) is 30.5. The number of aliphatic hydroxyl groups excluding tert-OH is 1. The molecule has 0 radical (unpaired) electrons. The maximum Gasteiger partial charge on any atom is 0.327 e. The Kier molecular flexibility index (Phi) is 10.6. The quantitative estimate of drug-likeness (QED) is 0.246. The molecule has 2 N–H and O–H groups in total. The smallest absolute Gasteiger partial charge is 0.327 e. The van der Waals surface area contributed by atoms with Crippen molar-refractivity contribution in [1.29, 1.82) is 0 Å². The molecule has 1 saturated carbocycles. The molecule has 5 fully saturated rings. The van der Waals surface area contributed by atoms with E-state index in [-0.39, 0.29) is 45.1 Å². The van der Waals surface area contributed by atoms with E-state index in [1.54, 1.807) is 40.9 Å². The lowest BCUT2D eigenvalue weighted by atomic mass is 9.62. The van der Waals surface area contributed by atoms with Crippen molar-refractivity contribution in [1.82, 2.24) is 20.2 Å². The van der Waals surface area contributed by atoms with Crippen LogP contribution in [0.3, 0.4) is 0 Å². The summed E-state index contributed by atoms with van der Waals surface area (Å²) >= 11 is 0. The number of fused-ring (bicyclic) bond motifs is 4. The van der Waals surface area contributed by atoms with Crippen LogP contribution in [0, 0.1) is 5.41 Å². The Morgan fingerprint density at radius 3 is 2.63 bits per heavy atom. The van der Waals surface area contributed by atoms with E-state index in [1.165, 1.54) is 20.9 Å². The van der Waals surface area contributed by atoms with Crippen molar-refractivity contribution in [3.05, 3.63) is 41.5 Å². The van der Waals surface area contributed by atoms with E-state index in [4.69, 9.17) is 23.8 Å². The minimum Gasteiger partial charge on any atom is -0.460 e. The number of carbonyl (C=O) groups excluding carboxylic acids is 5. The number of amides is 3. The molecule has 2 bridgehead atoms. The largest absolute Gasteiger partial charge is 0.460 e. The van der Waals surface area contributed by atoms with E-state index in [1.807, 2.05) is 24.3 Å². The van der Waals surface area contributed by atoms with Crippen LogP contribution in [0.5, 0.6) is 0 Å². The molecule has 3 amide bonds. The molecule has 15 heteroatoms. The second kappa shape index (κ2) is 14.6. The van der Waals surface area contributed by atoms with E-state index in [2.05, 4.69) is 5.32 Å². The Balaban J connectivity index is 1.25. The summed E-state index contributed by atoms with van der Waals surface area (Å²) in [4.78, 5) is 76.8. The van der Waals surface area contributed by atoms with Gasteiger partial charge in [-0.2, -0.15) is 5.06 Å². The maximum atomic E-state index is 15.0. The van der Waals surface area contributed by atoms with Gasteiger partial charge in [0.2, 0.25) is 17.7 Å². The molecule has 8 unspecified atom stereocenters. The van der Waals surface area contributed by atoms with E-state index in [0.29, 0.717) is 12.8 Å². The molecule has 4 saturated heterocycles. The molecule has 4 heterocycles. The fraction of sp³-hybridized carbons (Fsp3) is 0.639. The third kappa shape index (κ3) is 7.27. The van der Waals surface area contributed by atoms with Gasteiger partial charge in [0.15, 0.2) is 6.04 Å². The van der Waals surface area contributed by atoms with Crippen molar-refractivity contribution >= 4 is 35.7 Å². The zero-order chi connectivity index (χ0) is 36.7. The first-order valence-corrected chi connectivity index (χ1v) is 17.5. The average molecular weight is 713 g/mol. The van der Waals surface area contributed by atoms with E-state index in [0.717, 1.165) is 11.1 Å². The predicted octanol–water partition coefficient (Wildman–Crippen LogP) is 0.919. The second-order valence-corrected chi connectivity index (χ2v) is 15.0. The standard InChI is InChI=1S/C36H48N4O11/c1-35(2,3)50-27(43)15-13-23(19-41)37-32(44)24-11-8-16-39(24)34(46)36-17-25-28-29(48-20-47-28)31(36)51-40(30(36)33(45)49-25)18-22-10-7-6-9-21(22)12-14-26(42)38(4)5/h6-7,9-10,12,14,23-25,28-31,41H,8,11,13,15-20H2,1-5H3,(H,37,44). The van der Waals surface area contributed by atoms with Crippen LogP contribution in [0.4, 0.5) is 0 Å². The molecule has 5 aliphatic rings. The molecule has 4 aliphatic heterocycles. The van der Waals surface area contributed by atoms with Crippen molar-refractivity contribution in [3.8, 4) is 0 Å². The first kappa shape index (κ1) is 36.9. The third-order valence-electron chi connectivity index (χ3n) is 10.2. The Bertz CT molecular complexity index is 1560. The highest BCUT2D eigenvalue weighted by Gasteiger charge is 2.75. The number of hydrogen-bond donors (Lipinski definition) is 2. The molecular formula is C36H48N4O11. The number of likely N-dealkylation sites (N-methyl/N-ethyl adjacent to an activating group) is 1. The number of benzene rings is 1. The highest BCUT2D eigenvalue weighted by atomic mass is 16.8. The molecule has 8 atom stereocenters. The molecule has 0 spiro atoms. The number of carbonyl (C=O) groups is 5. The van der Waals surface area contributed by atoms with Gasteiger partial charge in [-0.1, -0.05) is 24.3 Å². The van der Waals surface area contributed by atoms with Crippen molar-refractivity contribution in [2.24, 2.45) is 5.41 Å². The minimum absolute atomic E-state index is 0.00522. The molecule has 51 heavy (non-hydrogen) atoms. The summed E-state index contributed by atoms with van der Waals surface area (Å²) in [5.41, 5.74) is -0.634. The van der Waals surface area contributed by atoms with E-state index in [9.17, 15) is 24.3 Å². The molecule has 278 valence electrons. The molecule has 0 aromatic heterocycles. The number of hydrogen-bond acceptors (Lipinski definition) is 12. The number of rotatable bonds is 11.